The first-order valence-electron chi connectivity index (χ1n) is 8.28. The molecule has 0 saturated carbocycles. The number of carbonyl (C=O) groups is 2. The number of methoxy groups -OCH3 is 1. The summed E-state index contributed by atoms with van der Waals surface area (Å²) in [6.45, 7) is 0.0747. The molecule has 0 fully saturated rings. The van der Waals surface area contributed by atoms with Crippen LogP contribution in [0.1, 0.15) is 6.42 Å². The number of benzene rings is 2. The summed E-state index contributed by atoms with van der Waals surface area (Å²) in [4.78, 5) is 28.6. The van der Waals surface area contributed by atoms with Crippen LogP contribution >= 0.6 is 34.5 Å². The number of fused-ring (bicyclic) bond motifs is 1. The van der Waals surface area contributed by atoms with E-state index in [9.17, 15) is 9.59 Å². The first-order valence-corrected chi connectivity index (χ1v) is 9.86. The Labute approximate surface area is 174 Å². The average molecular weight is 439 g/mol. The van der Waals surface area contributed by atoms with Gasteiger partial charge < -0.3 is 14.0 Å². The Hall–Kier alpha value is -2.35. The van der Waals surface area contributed by atoms with Crippen molar-refractivity contribution >= 4 is 56.6 Å². The molecular formula is C19H16Cl2N2O4S. The maximum atomic E-state index is 12.3. The smallest absolute Gasteiger partial charge is 0.325 e. The fourth-order valence-electron chi connectivity index (χ4n) is 2.49. The second-order valence-electron chi connectivity index (χ2n) is 5.70. The van der Waals surface area contributed by atoms with E-state index < -0.39 is 5.97 Å². The summed E-state index contributed by atoms with van der Waals surface area (Å²) >= 11 is 13.6. The van der Waals surface area contributed by atoms with Gasteiger partial charge in [0.1, 0.15) is 12.3 Å². The highest BCUT2D eigenvalue weighted by molar-refractivity contribution is 7.16. The molecule has 0 unspecified atom stereocenters. The topological polar surface area (TPSA) is 69.9 Å². The first kappa shape index (κ1) is 20.4. The number of nitrogens with zero attached hydrogens (tertiary/aromatic N) is 2. The molecule has 0 aliphatic carbocycles. The predicted octanol–water partition coefficient (Wildman–Crippen LogP) is 4.08. The van der Waals surface area contributed by atoms with Gasteiger partial charge in [0.2, 0.25) is 0 Å². The monoisotopic (exact) mass is 438 g/mol. The Balaban J connectivity index is 1.87. The van der Waals surface area contributed by atoms with Crippen LogP contribution in [0.4, 0.5) is 0 Å². The molecule has 0 atom stereocenters. The van der Waals surface area contributed by atoms with Crippen molar-refractivity contribution in [2.75, 3.05) is 13.7 Å². The Morgan fingerprint density at radius 1 is 1.18 bits per heavy atom. The highest BCUT2D eigenvalue weighted by atomic mass is 35.5. The van der Waals surface area contributed by atoms with Gasteiger partial charge in [0, 0.05) is 5.02 Å². The molecule has 1 amide bonds. The van der Waals surface area contributed by atoms with Crippen molar-refractivity contribution in [2.45, 2.75) is 13.0 Å². The molecule has 3 rings (SSSR count). The maximum Gasteiger partial charge on any atom is 0.325 e. The summed E-state index contributed by atoms with van der Waals surface area (Å²) in [6.07, 6.45) is 0.0931. The normalized spacial score (nSPS) is 11.6. The number of thiazole rings is 1. The maximum absolute atomic E-state index is 12.3. The van der Waals surface area contributed by atoms with Gasteiger partial charge in [0.05, 0.1) is 35.4 Å². The fraction of sp³-hybridized carbons (Fsp3) is 0.211. The van der Waals surface area contributed by atoms with Crippen LogP contribution in [0.15, 0.2) is 47.5 Å². The lowest BCUT2D eigenvalue weighted by Crippen LogP contribution is -2.22. The Morgan fingerprint density at radius 3 is 2.64 bits per heavy atom. The van der Waals surface area contributed by atoms with E-state index in [0.717, 1.165) is 0 Å². The molecule has 146 valence electrons. The van der Waals surface area contributed by atoms with Crippen molar-refractivity contribution < 1.29 is 19.1 Å². The zero-order valence-corrected chi connectivity index (χ0v) is 17.2. The average Bonchev–Trinajstić information content (AvgIpc) is 2.99. The Morgan fingerprint density at radius 2 is 1.93 bits per heavy atom. The largest absolute Gasteiger partial charge is 0.493 e. The van der Waals surface area contributed by atoms with Crippen molar-refractivity contribution in [1.29, 1.82) is 0 Å². The minimum Gasteiger partial charge on any atom is -0.493 e. The molecule has 9 heteroatoms. The van der Waals surface area contributed by atoms with Crippen molar-refractivity contribution in [3.8, 4) is 5.75 Å². The van der Waals surface area contributed by atoms with Gasteiger partial charge in [-0.2, -0.15) is 4.99 Å². The second kappa shape index (κ2) is 9.23. The van der Waals surface area contributed by atoms with Crippen molar-refractivity contribution in [3.63, 3.8) is 0 Å². The van der Waals surface area contributed by atoms with Gasteiger partial charge in [-0.05, 0) is 24.3 Å². The minimum atomic E-state index is -0.480. The van der Waals surface area contributed by atoms with E-state index in [2.05, 4.69) is 4.99 Å². The highest BCUT2D eigenvalue weighted by Crippen LogP contribution is 2.29. The standard InChI is InChI=1S/C19H16Cl2N2O4S/c1-26-17(25)11-23-18-14(21)9-12(20)10-15(18)28-19(23)22-16(24)7-8-27-13-5-3-2-4-6-13/h2-6,9-10H,7-8,11H2,1H3. The third kappa shape index (κ3) is 4.92. The molecule has 0 radical (unpaired) electrons. The Kier molecular flexibility index (Phi) is 6.72. The predicted molar refractivity (Wildman–Crippen MR) is 109 cm³/mol. The SMILES string of the molecule is COC(=O)Cn1c(=NC(=O)CCOc2ccccc2)sc2cc(Cl)cc(Cl)c21. The van der Waals surface area contributed by atoms with Crippen LogP contribution in [0.3, 0.4) is 0 Å². The van der Waals surface area contributed by atoms with E-state index in [1.165, 1.54) is 18.4 Å². The molecule has 3 aromatic rings. The quantitative estimate of drug-likeness (QED) is 0.543. The molecular weight excluding hydrogens is 423 g/mol. The van der Waals surface area contributed by atoms with Crippen LogP contribution < -0.4 is 9.54 Å². The lowest BCUT2D eigenvalue weighted by Gasteiger charge is -2.05. The summed E-state index contributed by atoms with van der Waals surface area (Å²) < 4.78 is 12.5. The summed E-state index contributed by atoms with van der Waals surface area (Å²) in [7, 11) is 1.29. The van der Waals surface area contributed by atoms with Crippen molar-refractivity contribution in [2.24, 2.45) is 4.99 Å². The molecule has 2 aromatic carbocycles. The summed E-state index contributed by atoms with van der Waals surface area (Å²) in [5.41, 5.74) is 0.577. The molecule has 6 nitrogen and oxygen atoms in total. The zero-order valence-electron chi connectivity index (χ0n) is 14.9. The van der Waals surface area contributed by atoms with Crippen molar-refractivity contribution in [3.05, 3.63) is 57.3 Å². The number of hydrogen-bond acceptors (Lipinski definition) is 5. The van der Waals surface area contributed by atoms with E-state index in [0.29, 0.717) is 30.8 Å². The van der Waals surface area contributed by atoms with Gasteiger partial charge in [0.25, 0.3) is 5.91 Å². The lowest BCUT2D eigenvalue weighted by molar-refractivity contribution is -0.141. The van der Waals surface area contributed by atoms with Gasteiger partial charge >= 0.3 is 5.97 Å². The molecule has 28 heavy (non-hydrogen) atoms. The van der Waals surface area contributed by atoms with Gasteiger partial charge in [-0.15, -0.1) is 0 Å². The summed E-state index contributed by atoms with van der Waals surface area (Å²) in [6, 6.07) is 12.5. The highest BCUT2D eigenvalue weighted by Gasteiger charge is 2.15. The molecule has 0 spiro atoms. The van der Waals surface area contributed by atoms with E-state index in [1.807, 2.05) is 30.3 Å². The third-order valence-electron chi connectivity index (χ3n) is 3.76. The van der Waals surface area contributed by atoms with Crippen LogP contribution in [0.5, 0.6) is 5.75 Å². The Bertz CT molecular complexity index is 1080. The van der Waals surface area contributed by atoms with E-state index in [1.54, 1.807) is 16.7 Å². The summed E-state index contributed by atoms with van der Waals surface area (Å²) in [5, 5.41) is 0.821. The van der Waals surface area contributed by atoms with E-state index in [4.69, 9.17) is 32.7 Å². The molecule has 0 saturated heterocycles. The van der Waals surface area contributed by atoms with Gasteiger partial charge in [-0.25, -0.2) is 0 Å². The number of esters is 1. The van der Waals surface area contributed by atoms with Crippen LogP contribution in [-0.2, 0) is 20.9 Å². The number of halogens is 2. The number of ether oxygens (including phenoxy) is 2. The summed E-state index contributed by atoms with van der Waals surface area (Å²) in [5.74, 6) is -0.172. The van der Waals surface area contributed by atoms with Crippen molar-refractivity contribution in [1.82, 2.24) is 4.57 Å². The van der Waals surface area contributed by atoms with Gasteiger partial charge in [-0.1, -0.05) is 52.7 Å². The molecule has 1 aromatic heterocycles. The molecule has 1 heterocycles. The zero-order chi connectivity index (χ0) is 20.1. The number of amides is 1. The van der Waals surface area contributed by atoms with E-state index >= 15 is 0 Å². The molecule has 0 bridgehead atoms. The van der Waals surface area contributed by atoms with Crippen LogP contribution in [-0.4, -0.2) is 30.2 Å². The number of carbonyl (C=O) groups excluding carboxylic acids is 2. The molecule has 0 aliphatic rings. The van der Waals surface area contributed by atoms with Crippen LogP contribution in [0.25, 0.3) is 10.2 Å². The third-order valence-corrected chi connectivity index (χ3v) is 5.29. The van der Waals surface area contributed by atoms with Gasteiger partial charge in [0.15, 0.2) is 4.80 Å². The number of aromatic nitrogens is 1. The number of rotatable bonds is 6. The fourth-order valence-corrected chi connectivity index (χ4v) is 4.32. The van der Waals surface area contributed by atoms with E-state index in [-0.39, 0.29) is 25.5 Å². The molecule has 0 N–H and O–H groups in total. The van der Waals surface area contributed by atoms with Gasteiger partial charge in [-0.3, -0.25) is 9.59 Å². The molecule has 0 aliphatic heterocycles. The first-order chi connectivity index (χ1) is 13.5. The van der Waals surface area contributed by atoms with Crippen LogP contribution in [0, 0.1) is 0 Å². The lowest BCUT2D eigenvalue weighted by atomic mass is 10.3. The number of para-hydroxylation sites is 1. The van der Waals surface area contributed by atoms with Crippen LogP contribution in [0.2, 0.25) is 10.0 Å². The minimum absolute atomic E-state index is 0.0931. The number of hydrogen-bond donors (Lipinski definition) is 0. The second-order valence-corrected chi connectivity index (χ2v) is 7.55.